The summed E-state index contributed by atoms with van der Waals surface area (Å²) in [6.45, 7) is 0. The fraction of sp³-hybridized carbons (Fsp3) is 0. The molecule has 0 saturated heterocycles. The van der Waals surface area contributed by atoms with Crippen molar-refractivity contribution in [2.24, 2.45) is 5.10 Å². The smallest absolute Gasteiger partial charge is 0.267 e. The van der Waals surface area contributed by atoms with Crippen LogP contribution >= 0.6 is 11.6 Å². The molecule has 0 saturated carbocycles. The van der Waals surface area contributed by atoms with E-state index in [0.29, 0.717) is 0 Å². The average Bonchev–Trinajstić information content (AvgIpc) is 2.50. The zero-order chi connectivity index (χ0) is 17.0. The molecule has 0 aliphatic carbocycles. The number of nitrogens with zero attached hydrogens (tertiary/aromatic N) is 2. The molecule has 2 aromatic rings. The Morgan fingerprint density at radius 3 is 2.65 bits per heavy atom. The largest absolute Gasteiger partial charge is 0.272 e. The first-order valence-corrected chi connectivity index (χ1v) is 6.48. The summed E-state index contributed by atoms with van der Waals surface area (Å²) in [5.41, 5.74) is 1.60. The number of rotatable bonds is 4. The zero-order valence-electron chi connectivity index (χ0n) is 11.3. The molecule has 0 aromatic heterocycles. The lowest BCUT2D eigenvalue weighted by Crippen LogP contribution is -2.18. The molecule has 1 amide bonds. The number of hydrogen-bond acceptors (Lipinski definition) is 4. The fourth-order valence-electron chi connectivity index (χ4n) is 1.64. The van der Waals surface area contributed by atoms with E-state index in [4.69, 9.17) is 11.6 Å². The quantitative estimate of drug-likeness (QED) is 0.527. The number of carbonyl (C=O) groups is 1. The van der Waals surface area contributed by atoms with Gasteiger partial charge in [-0.05, 0) is 24.3 Å². The predicted molar refractivity (Wildman–Crippen MR) is 79.5 cm³/mol. The second kappa shape index (κ2) is 6.93. The number of non-ortho nitro benzene ring substituents is 1. The van der Waals surface area contributed by atoms with E-state index < -0.39 is 22.5 Å². The van der Waals surface area contributed by atoms with Gasteiger partial charge in [-0.15, -0.1) is 0 Å². The molecule has 118 valence electrons. The number of nitrogens with one attached hydrogen (secondary N) is 1. The number of benzene rings is 2. The SMILES string of the molecule is O=C(NN=Cc1cc(F)ccc1F)c1ccc([N+](=O)[O-])cc1Cl. The number of amides is 1. The second-order valence-electron chi connectivity index (χ2n) is 4.29. The van der Waals surface area contributed by atoms with Gasteiger partial charge < -0.3 is 0 Å². The minimum Gasteiger partial charge on any atom is -0.267 e. The van der Waals surface area contributed by atoms with Gasteiger partial charge in [0.15, 0.2) is 0 Å². The van der Waals surface area contributed by atoms with Crippen LogP contribution in [0.4, 0.5) is 14.5 Å². The van der Waals surface area contributed by atoms with Gasteiger partial charge in [-0.2, -0.15) is 5.10 Å². The third-order valence-corrected chi connectivity index (χ3v) is 3.05. The molecule has 0 spiro atoms. The van der Waals surface area contributed by atoms with E-state index in [1.807, 2.05) is 0 Å². The molecular formula is C14H8ClF2N3O3. The third kappa shape index (κ3) is 4.07. The minimum absolute atomic E-state index is 0.0471. The average molecular weight is 340 g/mol. The van der Waals surface area contributed by atoms with Gasteiger partial charge in [0.1, 0.15) is 11.6 Å². The molecule has 2 aromatic carbocycles. The van der Waals surface area contributed by atoms with E-state index in [1.165, 1.54) is 0 Å². The Balaban J connectivity index is 2.12. The number of hydrazone groups is 1. The van der Waals surface area contributed by atoms with Crippen LogP contribution in [0.1, 0.15) is 15.9 Å². The van der Waals surface area contributed by atoms with Crippen LogP contribution in [0.15, 0.2) is 41.5 Å². The molecule has 23 heavy (non-hydrogen) atoms. The summed E-state index contributed by atoms with van der Waals surface area (Å²) in [7, 11) is 0. The second-order valence-corrected chi connectivity index (χ2v) is 4.69. The maximum absolute atomic E-state index is 13.3. The molecular weight excluding hydrogens is 332 g/mol. The standard InChI is InChI=1S/C14H8ClF2N3O3/c15-12-6-10(20(22)23)2-3-11(12)14(21)19-18-7-8-5-9(16)1-4-13(8)17/h1-7H,(H,19,21). The van der Waals surface area contributed by atoms with Crippen molar-refractivity contribution in [3.8, 4) is 0 Å². The van der Waals surface area contributed by atoms with Crippen LogP contribution < -0.4 is 5.43 Å². The molecule has 9 heteroatoms. The van der Waals surface area contributed by atoms with E-state index >= 15 is 0 Å². The molecule has 0 radical (unpaired) electrons. The van der Waals surface area contributed by atoms with E-state index in [0.717, 1.165) is 42.6 Å². The summed E-state index contributed by atoms with van der Waals surface area (Å²) in [4.78, 5) is 21.8. The molecule has 0 bridgehead atoms. The first kappa shape index (κ1) is 16.5. The molecule has 2 rings (SSSR count). The van der Waals surface area contributed by atoms with Gasteiger partial charge in [-0.25, -0.2) is 14.2 Å². The van der Waals surface area contributed by atoms with Crippen molar-refractivity contribution in [1.82, 2.24) is 5.43 Å². The first-order valence-electron chi connectivity index (χ1n) is 6.11. The van der Waals surface area contributed by atoms with Crippen molar-refractivity contribution in [2.75, 3.05) is 0 Å². The number of carbonyl (C=O) groups excluding carboxylic acids is 1. The highest BCUT2D eigenvalue weighted by Crippen LogP contribution is 2.22. The Morgan fingerprint density at radius 2 is 2.00 bits per heavy atom. The summed E-state index contributed by atoms with van der Waals surface area (Å²) < 4.78 is 26.3. The summed E-state index contributed by atoms with van der Waals surface area (Å²) >= 11 is 5.78. The van der Waals surface area contributed by atoms with Gasteiger partial charge in [0.2, 0.25) is 0 Å². The number of nitro benzene ring substituents is 1. The number of nitro groups is 1. The fourth-order valence-corrected chi connectivity index (χ4v) is 1.90. The monoisotopic (exact) mass is 339 g/mol. The highest BCUT2D eigenvalue weighted by Gasteiger charge is 2.14. The summed E-state index contributed by atoms with van der Waals surface area (Å²) in [5, 5.41) is 13.9. The first-order chi connectivity index (χ1) is 10.9. The Hall–Kier alpha value is -2.87. The molecule has 0 aliphatic rings. The molecule has 0 unspecified atom stereocenters. The van der Waals surface area contributed by atoms with Gasteiger partial charge in [-0.1, -0.05) is 11.6 Å². The van der Waals surface area contributed by atoms with Gasteiger partial charge in [0.05, 0.1) is 21.7 Å². The molecule has 1 N–H and O–H groups in total. The van der Waals surface area contributed by atoms with Crippen LogP contribution in [0.3, 0.4) is 0 Å². The van der Waals surface area contributed by atoms with Crippen LogP contribution in [0.5, 0.6) is 0 Å². The van der Waals surface area contributed by atoms with Crippen molar-refractivity contribution in [1.29, 1.82) is 0 Å². The normalized spacial score (nSPS) is 10.7. The van der Waals surface area contributed by atoms with Gasteiger partial charge >= 0.3 is 0 Å². The molecule has 0 atom stereocenters. The van der Waals surface area contributed by atoms with Crippen LogP contribution in [0, 0.1) is 21.7 Å². The summed E-state index contributed by atoms with van der Waals surface area (Å²) in [5.74, 6) is -2.12. The molecule has 6 nitrogen and oxygen atoms in total. The van der Waals surface area contributed by atoms with Crippen molar-refractivity contribution in [3.05, 3.63) is 74.3 Å². The van der Waals surface area contributed by atoms with Gasteiger partial charge in [0.25, 0.3) is 11.6 Å². The van der Waals surface area contributed by atoms with Crippen LogP contribution in [-0.4, -0.2) is 17.0 Å². The Morgan fingerprint density at radius 1 is 1.26 bits per heavy atom. The molecule has 0 fully saturated rings. The van der Waals surface area contributed by atoms with Crippen LogP contribution in [0.25, 0.3) is 0 Å². The van der Waals surface area contributed by atoms with Crippen molar-refractivity contribution in [2.45, 2.75) is 0 Å². The lowest BCUT2D eigenvalue weighted by molar-refractivity contribution is -0.384. The van der Waals surface area contributed by atoms with Crippen molar-refractivity contribution in [3.63, 3.8) is 0 Å². The van der Waals surface area contributed by atoms with Gasteiger partial charge in [0, 0.05) is 17.7 Å². The topological polar surface area (TPSA) is 84.6 Å². The van der Waals surface area contributed by atoms with E-state index in [-0.39, 0.29) is 21.8 Å². The molecule has 0 heterocycles. The Kier molecular flexibility index (Phi) is 4.97. The van der Waals surface area contributed by atoms with Crippen LogP contribution in [0.2, 0.25) is 5.02 Å². The lowest BCUT2D eigenvalue weighted by Gasteiger charge is -2.02. The van der Waals surface area contributed by atoms with E-state index in [2.05, 4.69) is 10.5 Å². The molecule has 0 aliphatic heterocycles. The maximum atomic E-state index is 13.3. The van der Waals surface area contributed by atoms with Crippen LogP contribution in [-0.2, 0) is 0 Å². The maximum Gasteiger partial charge on any atom is 0.272 e. The lowest BCUT2D eigenvalue weighted by atomic mass is 10.2. The third-order valence-electron chi connectivity index (χ3n) is 2.74. The van der Waals surface area contributed by atoms with Crippen molar-refractivity contribution >= 4 is 29.4 Å². The highest BCUT2D eigenvalue weighted by atomic mass is 35.5. The van der Waals surface area contributed by atoms with Crippen molar-refractivity contribution < 1.29 is 18.5 Å². The predicted octanol–water partition coefficient (Wildman–Crippen LogP) is 3.29. The van der Waals surface area contributed by atoms with E-state index in [1.54, 1.807) is 0 Å². The zero-order valence-corrected chi connectivity index (χ0v) is 12.1. The summed E-state index contributed by atoms with van der Waals surface area (Å²) in [6, 6.07) is 6.06. The highest BCUT2D eigenvalue weighted by molar-refractivity contribution is 6.34. The Bertz CT molecular complexity index is 812. The van der Waals surface area contributed by atoms with E-state index in [9.17, 15) is 23.7 Å². The minimum atomic E-state index is -0.752. The van der Waals surface area contributed by atoms with Gasteiger partial charge in [-0.3, -0.25) is 14.9 Å². The summed E-state index contributed by atoms with van der Waals surface area (Å²) in [6.07, 6.45) is 0.926. The number of hydrogen-bond donors (Lipinski definition) is 1. The number of halogens is 3. The Labute approximate surface area is 133 Å².